The molecule has 5 aromatic rings. The number of hydrogen-bond acceptors (Lipinski definition) is 2. The van der Waals surface area contributed by atoms with Gasteiger partial charge in [0.1, 0.15) is 5.54 Å². The van der Waals surface area contributed by atoms with Gasteiger partial charge in [-0.2, -0.15) is 0 Å². The van der Waals surface area contributed by atoms with Gasteiger partial charge >= 0.3 is 0 Å². The van der Waals surface area contributed by atoms with Crippen molar-refractivity contribution in [2.75, 3.05) is 0 Å². The molecule has 0 radical (unpaired) electrons. The van der Waals surface area contributed by atoms with E-state index < -0.39 is 5.54 Å². The smallest absolute Gasteiger partial charge is 0.251 e. The van der Waals surface area contributed by atoms with Gasteiger partial charge < -0.3 is 9.88 Å². The highest BCUT2D eigenvalue weighted by molar-refractivity contribution is 6.20. The number of aryl methyl sites for hydroxylation is 1. The molecule has 208 valence electrons. The quantitative estimate of drug-likeness (QED) is 0.146. The molecule has 4 nitrogen and oxygen atoms in total. The first-order valence-corrected chi connectivity index (χ1v) is 14.5. The van der Waals surface area contributed by atoms with E-state index in [2.05, 4.69) is 88.9 Å². The highest BCUT2D eigenvalue weighted by Gasteiger charge is 2.38. The Morgan fingerprint density at radius 1 is 0.780 bits per heavy atom. The van der Waals surface area contributed by atoms with E-state index in [1.54, 1.807) is 0 Å². The third-order valence-corrected chi connectivity index (χ3v) is 7.75. The summed E-state index contributed by atoms with van der Waals surface area (Å²) in [5.41, 5.74) is 5.21. The molecule has 0 fully saturated rings. The average molecular weight is 562 g/mol. The molecule has 0 spiro atoms. The number of amides is 1. The lowest BCUT2D eigenvalue weighted by molar-refractivity contribution is 0.0919. The van der Waals surface area contributed by atoms with Crippen LogP contribution < -0.4 is 5.32 Å². The van der Waals surface area contributed by atoms with Gasteiger partial charge in [0, 0.05) is 17.3 Å². The van der Waals surface area contributed by atoms with Crippen molar-refractivity contribution in [3.05, 3.63) is 161 Å². The summed E-state index contributed by atoms with van der Waals surface area (Å²) in [6.07, 6.45) is 5.54. The zero-order chi connectivity index (χ0) is 28.9. The topological polar surface area (TPSA) is 46.9 Å². The normalized spacial score (nSPS) is 12.6. The molecule has 1 aromatic heterocycles. The van der Waals surface area contributed by atoms with E-state index in [-0.39, 0.29) is 16.8 Å². The molecule has 1 unspecified atom stereocenters. The molecule has 1 N–H and O–H groups in total. The number of alkyl halides is 1. The Morgan fingerprint density at radius 2 is 1.27 bits per heavy atom. The standard InChI is InChI=1S/C36H36ClN3O/c1-35(2,3)39-34(41)28-21-19-27(20-22-28)33(37)24-23-32-25-40(26-38-32)36(29-13-7-4-8-14-29,30-15-9-5-10-16-30)31-17-11-6-12-18-31/h4-22,25-26,33H,23-24H2,1-3H3,(H,39,41). The Kier molecular flexibility index (Phi) is 8.41. The lowest BCUT2D eigenvalue weighted by Gasteiger charge is -2.37. The fraction of sp³-hybridized carbons (Fsp3) is 0.222. The second-order valence-corrected chi connectivity index (χ2v) is 11.9. The zero-order valence-electron chi connectivity index (χ0n) is 23.8. The van der Waals surface area contributed by atoms with Crippen LogP contribution in [0, 0.1) is 0 Å². The molecule has 4 aromatic carbocycles. The minimum atomic E-state index is -0.584. The molecule has 0 aliphatic carbocycles. The Morgan fingerprint density at radius 3 is 1.73 bits per heavy atom. The minimum Gasteiger partial charge on any atom is -0.347 e. The van der Waals surface area contributed by atoms with Crippen molar-refractivity contribution in [3.8, 4) is 0 Å². The van der Waals surface area contributed by atoms with Crippen molar-refractivity contribution >= 4 is 17.5 Å². The Hall–Kier alpha value is -4.15. The van der Waals surface area contributed by atoms with E-state index in [1.165, 1.54) is 0 Å². The van der Waals surface area contributed by atoms with E-state index >= 15 is 0 Å². The Bertz CT molecular complexity index is 1460. The summed E-state index contributed by atoms with van der Waals surface area (Å²) in [5, 5.41) is 2.81. The van der Waals surface area contributed by atoms with Crippen LogP contribution in [-0.2, 0) is 12.0 Å². The maximum absolute atomic E-state index is 12.5. The second kappa shape index (κ2) is 12.2. The molecule has 0 aliphatic rings. The third kappa shape index (κ3) is 6.28. The number of hydrogen-bond donors (Lipinski definition) is 1. The fourth-order valence-corrected chi connectivity index (χ4v) is 5.61. The minimum absolute atomic E-state index is 0.0838. The molecule has 0 aliphatic heterocycles. The van der Waals surface area contributed by atoms with Crippen molar-refractivity contribution in [1.82, 2.24) is 14.9 Å². The van der Waals surface area contributed by atoms with Gasteiger partial charge in [-0.3, -0.25) is 4.79 Å². The molecule has 0 bridgehead atoms. The number of halogens is 1. The van der Waals surface area contributed by atoms with Gasteiger partial charge in [0.2, 0.25) is 0 Å². The first-order chi connectivity index (χ1) is 19.8. The number of nitrogens with zero attached hydrogens (tertiary/aromatic N) is 2. The molecular weight excluding hydrogens is 526 g/mol. The highest BCUT2D eigenvalue weighted by Crippen LogP contribution is 2.41. The molecule has 1 heterocycles. The maximum atomic E-state index is 12.5. The number of benzene rings is 4. The van der Waals surface area contributed by atoms with Crippen LogP contribution in [0.1, 0.15) is 70.9 Å². The molecule has 1 atom stereocenters. The van der Waals surface area contributed by atoms with Crippen LogP contribution in [0.5, 0.6) is 0 Å². The van der Waals surface area contributed by atoms with E-state index in [4.69, 9.17) is 16.6 Å². The number of imidazole rings is 1. The number of aromatic nitrogens is 2. The number of carbonyl (C=O) groups is 1. The Balaban J connectivity index is 1.41. The predicted molar refractivity (Wildman–Crippen MR) is 167 cm³/mol. The Labute approximate surface area is 248 Å². The average Bonchev–Trinajstić information content (AvgIpc) is 3.46. The van der Waals surface area contributed by atoms with Crippen molar-refractivity contribution in [1.29, 1.82) is 0 Å². The van der Waals surface area contributed by atoms with E-state index in [1.807, 2.05) is 69.6 Å². The molecule has 41 heavy (non-hydrogen) atoms. The zero-order valence-corrected chi connectivity index (χ0v) is 24.6. The first-order valence-electron chi connectivity index (χ1n) is 14.0. The van der Waals surface area contributed by atoms with Crippen molar-refractivity contribution in [2.24, 2.45) is 0 Å². The van der Waals surface area contributed by atoms with E-state index in [0.717, 1.165) is 40.8 Å². The van der Waals surface area contributed by atoms with Gasteiger partial charge in [0.25, 0.3) is 5.91 Å². The van der Waals surface area contributed by atoms with Gasteiger partial charge in [-0.15, -0.1) is 11.6 Å². The van der Waals surface area contributed by atoms with Crippen LogP contribution in [0.25, 0.3) is 0 Å². The molecule has 0 saturated heterocycles. The van der Waals surface area contributed by atoms with Crippen LogP contribution in [0.3, 0.4) is 0 Å². The lowest BCUT2D eigenvalue weighted by Crippen LogP contribution is -2.40. The van der Waals surface area contributed by atoms with Gasteiger partial charge in [0.05, 0.1) is 17.4 Å². The second-order valence-electron chi connectivity index (χ2n) is 11.4. The van der Waals surface area contributed by atoms with Crippen LogP contribution in [-0.4, -0.2) is 21.0 Å². The van der Waals surface area contributed by atoms with Crippen molar-refractivity contribution in [3.63, 3.8) is 0 Å². The maximum Gasteiger partial charge on any atom is 0.251 e. The summed E-state index contributed by atoms with van der Waals surface area (Å²) >= 11 is 6.84. The molecule has 1 amide bonds. The summed E-state index contributed by atoms with van der Waals surface area (Å²) in [7, 11) is 0. The lowest BCUT2D eigenvalue weighted by atomic mass is 9.77. The van der Waals surface area contributed by atoms with Crippen LogP contribution in [0.15, 0.2) is 128 Å². The summed E-state index contributed by atoms with van der Waals surface area (Å²) in [6.45, 7) is 5.91. The van der Waals surface area contributed by atoms with E-state index in [9.17, 15) is 4.79 Å². The van der Waals surface area contributed by atoms with Crippen LogP contribution in [0.2, 0.25) is 0 Å². The SMILES string of the molecule is CC(C)(C)NC(=O)c1ccc(C(Cl)CCc2cn(C(c3ccccc3)(c3ccccc3)c3ccccc3)cn2)cc1. The molecular formula is C36H36ClN3O. The van der Waals surface area contributed by atoms with E-state index in [0.29, 0.717) is 5.56 Å². The highest BCUT2D eigenvalue weighted by atomic mass is 35.5. The number of rotatable bonds is 9. The third-order valence-electron chi connectivity index (χ3n) is 7.28. The summed E-state index contributed by atoms with van der Waals surface area (Å²) in [5.74, 6) is -0.0838. The molecule has 5 rings (SSSR count). The van der Waals surface area contributed by atoms with Gasteiger partial charge in [-0.05, 0) is 68.0 Å². The largest absolute Gasteiger partial charge is 0.347 e. The van der Waals surface area contributed by atoms with Gasteiger partial charge in [0.15, 0.2) is 0 Å². The number of carbonyl (C=O) groups excluding carboxylic acids is 1. The van der Waals surface area contributed by atoms with Gasteiger partial charge in [-0.25, -0.2) is 4.98 Å². The van der Waals surface area contributed by atoms with Crippen LogP contribution >= 0.6 is 11.6 Å². The molecule has 0 saturated carbocycles. The van der Waals surface area contributed by atoms with Crippen molar-refractivity contribution in [2.45, 2.75) is 50.1 Å². The monoisotopic (exact) mass is 561 g/mol. The van der Waals surface area contributed by atoms with Gasteiger partial charge in [-0.1, -0.05) is 103 Å². The summed E-state index contributed by atoms with van der Waals surface area (Å²) < 4.78 is 2.23. The van der Waals surface area contributed by atoms with Crippen molar-refractivity contribution < 1.29 is 4.79 Å². The first kappa shape index (κ1) is 28.4. The fourth-order valence-electron chi connectivity index (χ4n) is 5.36. The summed E-state index contributed by atoms with van der Waals surface area (Å²) in [6, 6.07) is 39.3. The summed E-state index contributed by atoms with van der Waals surface area (Å²) in [4.78, 5) is 17.3. The van der Waals surface area contributed by atoms with Crippen LogP contribution in [0.4, 0.5) is 0 Å². The molecule has 5 heteroatoms. The number of nitrogens with one attached hydrogen (secondary N) is 1. The predicted octanol–water partition coefficient (Wildman–Crippen LogP) is 8.16.